The molecule has 1 heterocycles. The largest absolute Gasteiger partial charge is 0.383 e. The molecule has 0 saturated carbocycles. The maximum Gasteiger partial charge on any atom is 0.191 e. The van der Waals surface area contributed by atoms with Gasteiger partial charge in [-0.05, 0) is 37.8 Å². The minimum Gasteiger partial charge on any atom is -0.383 e. The van der Waals surface area contributed by atoms with Crippen LogP contribution in [0.4, 0.5) is 0 Å². The van der Waals surface area contributed by atoms with Crippen molar-refractivity contribution < 1.29 is 4.74 Å². The highest BCUT2D eigenvalue weighted by Gasteiger charge is 2.04. The van der Waals surface area contributed by atoms with Crippen LogP contribution in [0.25, 0.3) is 10.9 Å². The van der Waals surface area contributed by atoms with Crippen molar-refractivity contribution in [2.24, 2.45) is 4.99 Å². The number of para-hydroxylation sites is 1. The topological polar surface area (TPSA) is 50.6 Å². The van der Waals surface area contributed by atoms with Gasteiger partial charge >= 0.3 is 0 Å². The number of nitrogens with zero attached hydrogens (tertiary/aromatic N) is 2. The van der Waals surface area contributed by atoms with E-state index in [1.54, 1.807) is 7.11 Å². The number of methoxy groups -OCH3 is 1. The van der Waals surface area contributed by atoms with Crippen LogP contribution < -0.4 is 10.6 Å². The lowest BCUT2D eigenvalue weighted by Crippen LogP contribution is -2.44. The van der Waals surface area contributed by atoms with Crippen molar-refractivity contribution in [1.29, 1.82) is 0 Å². The van der Waals surface area contributed by atoms with Gasteiger partial charge in [0.15, 0.2) is 5.96 Å². The zero-order valence-corrected chi connectivity index (χ0v) is 14.4. The van der Waals surface area contributed by atoms with E-state index in [0.29, 0.717) is 6.61 Å². The third-order valence-electron chi connectivity index (χ3n) is 3.65. The molecule has 5 nitrogen and oxygen atoms in total. The van der Waals surface area contributed by atoms with Gasteiger partial charge in [-0.15, -0.1) is 0 Å². The number of hydrogen-bond donors (Lipinski definition) is 2. The number of guanidine groups is 1. The summed E-state index contributed by atoms with van der Waals surface area (Å²) in [5.41, 5.74) is 1.29. The Labute approximate surface area is 138 Å². The second kappa shape index (κ2) is 9.20. The molecule has 0 saturated heterocycles. The van der Waals surface area contributed by atoms with Crippen molar-refractivity contribution in [1.82, 2.24) is 15.2 Å². The fourth-order valence-corrected chi connectivity index (χ4v) is 2.61. The standard InChI is InChI=1S/C18H28N4O/c1-4-19-18(21-15(2)14-23-3)20-11-7-12-22-13-10-16-8-5-6-9-17(16)22/h5-6,8-10,13,15H,4,7,11-12,14H2,1-3H3,(H2,19,20,21). The van der Waals surface area contributed by atoms with Crippen molar-refractivity contribution in [3.05, 3.63) is 36.5 Å². The lowest BCUT2D eigenvalue weighted by molar-refractivity contribution is 0.179. The van der Waals surface area contributed by atoms with Crippen LogP contribution in [0.15, 0.2) is 41.5 Å². The van der Waals surface area contributed by atoms with Gasteiger partial charge in [0.05, 0.1) is 6.61 Å². The quantitative estimate of drug-likeness (QED) is 0.447. The Balaban J connectivity index is 1.85. The van der Waals surface area contributed by atoms with Crippen LogP contribution in [0.5, 0.6) is 0 Å². The summed E-state index contributed by atoms with van der Waals surface area (Å²) in [7, 11) is 1.71. The molecule has 0 fully saturated rings. The molecule has 2 N–H and O–H groups in total. The zero-order valence-electron chi connectivity index (χ0n) is 14.4. The molecular weight excluding hydrogens is 288 g/mol. The average Bonchev–Trinajstić information content (AvgIpc) is 2.95. The first kappa shape index (κ1) is 17.3. The average molecular weight is 316 g/mol. The smallest absolute Gasteiger partial charge is 0.191 e. The van der Waals surface area contributed by atoms with E-state index < -0.39 is 0 Å². The number of hydrogen-bond acceptors (Lipinski definition) is 2. The van der Waals surface area contributed by atoms with E-state index in [4.69, 9.17) is 4.74 Å². The summed E-state index contributed by atoms with van der Waals surface area (Å²) in [5.74, 6) is 0.856. The first-order chi connectivity index (χ1) is 11.2. The van der Waals surface area contributed by atoms with Crippen LogP contribution in [0.3, 0.4) is 0 Å². The number of ether oxygens (including phenoxy) is 1. The summed E-state index contributed by atoms with van der Waals surface area (Å²) in [6, 6.07) is 10.9. The fraction of sp³-hybridized carbons (Fsp3) is 0.500. The minimum absolute atomic E-state index is 0.242. The molecule has 23 heavy (non-hydrogen) atoms. The SMILES string of the molecule is CCNC(=NCCCn1ccc2ccccc21)NC(C)COC. The lowest BCUT2D eigenvalue weighted by atomic mass is 10.2. The highest BCUT2D eigenvalue weighted by Crippen LogP contribution is 2.15. The number of fused-ring (bicyclic) bond motifs is 1. The summed E-state index contributed by atoms with van der Waals surface area (Å²) >= 11 is 0. The molecule has 1 aromatic carbocycles. The number of benzene rings is 1. The van der Waals surface area contributed by atoms with Gasteiger partial charge < -0.3 is 19.9 Å². The maximum absolute atomic E-state index is 5.15. The lowest BCUT2D eigenvalue weighted by Gasteiger charge is -2.17. The van der Waals surface area contributed by atoms with E-state index in [9.17, 15) is 0 Å². The second-order valence-corrected chi connectivity index (χ2v) is 5.68. The third-order valence-corrected chi connectivity index (χ3v) is 3.65. The van der Waals surface area contributed by atoms with Crippen molar-refractivity contribution in [3.63, 3.8) is 0 Å². The van der Waals surface area contributed by atoms with E-state index in [1.807, 2.05) is 0 Å². The van der Waals surface area contributed by atoms with Crippen LogP contribution in [-0.4, -0.2) is 43.4 Å². The predicted octanol–water partition coefficient (Wildman–Crippen LogP) is 2.62. The molecule has 126 valence electrons. The molecule has 0 spiro atoms. The van der Waals surface area contributed by atoms with Crippen molar-refractivity contribution in [3.8, 4) is 0 Å². The van der Waals surface area contributed by atoms with Gasteiger partial charge in [-0.25, -0.2) is 0 Å². The van der Waals surface area contributed by atoms with Crippen molar-refractivity contribution in [2.45, 2.75) is 32.9 Å². The molecule has 1 aromatic heterocycles. The molecular formula is C18H28N4O. The Morgan fingerprint density at radius 1 is 1.30 bits per heavy atom. The molecule has 1 unspecified atom stereocenters. The molecule has 0 amide bonds. The Kier molecular flexibility index (Phi) is 6.94. The molecule has 0 radical (unpaired) electrons. The first-order valence-corrected chi connectivity index (χ1v) is 8.32. The van der Waals surface area contributed by atoms with E-state index >= 15 is 0 Å². The van der Waals surface area contributed by atoms with Gasteiger partial charge in [-0.2, -0.15) is 0 Å². The number of nitrogens with one attached hydrogen (secondary N) is 2. The Bertz CT molecular complexity index is 620. The van der Waals surface area contributed by atoms with Gasteiger partial charge in [-0.3, -0.25) is 4.99 Å². The Morgan fingerprint density at radius 3 is 2.91 bits per heavy atom. The van der Waals surface area contributed by atoms with Crippen LogP contribution >= 0.6 is 0 Å². The second-order valence-electron chi connectivity index (χ2n) is 5.68. The van der Waals surface area contributed by atoms with Crippen molar-refractivity contribution >= 4 is 16.9 Å². The van der Waals surface area contributed by atoms with Crippen LogP contribution in [0.1, 0.15) is 20.3 Å². The summed E-state index contributed by atoms with van der Waals surface area (Å²) in [6.45, 7) is 7.45. The highest BCUT2D eigenvalue weighted by molar-refractivity contribution is 5.80. The van der Waals surface area contributed by atoms with E-state index in [-0.39, 0.29) is 6.04 Å². The van der Waals surface area contributed by atoms with Crippen molar-refractivity contribution in [2.75, 3.05) is 26.8 Å². The fourth-order valence-electron chi connectivity index (χ4n) is 2.61. The predicted molar refractivity (Wildman–Crippen MR) is 97.0 cm³/mol. The zero-order chi connectivity index (χ0) is 16.5. The Morgan fingerprint density at radius 2 is 2.13 bits per heavy atom. The molecule has 2 rings (SSSR count). The van der Waals surface area contributed by atoms with Gasteiger partial charge in [0.1, 0.15) is 0 Å². The highest BCUT2D eigenvalue weighted by atomic mass is 16.5. The van der Waals surface area contributed by atoms with Crippen LogP contribution in [-0.2, 0) is 11.3 Å². The molecule has 1 atom stereocenters. The molecule has 0 aliphatic heterocycles. The summed E-state index contributed by atoms with van der Waals surface area (Å²) in [5, 5.41) is 7.91. The number of aliphatic imine (C=N–C) groups is 1. The van der Waals surface area contributed by atoms with Gasteiger partial charge in [0.25, 0.3) is 0 Å². The number of rotatable bonds is 8. The van der Waals surface area contributed by atoms with E-state index in [2.05, 4.69) is 70.6 Å². The summed E-state index contributed by atoms with van der Waals surface area (Å²) in [6.07, 6.45) is 3.16. The third kappa shape index (κ3) is 5.28. The maximum atomic E-state index is 5.15. The minimum atomic E-state index is 0.242. The number of aryl methyl sites for hydroxylation is 1. The summed E-state index contributed by atoms with van der Waals surface area (Å²) < 4.78 is 7.44. The van der Waals surface area contributed by atoms with Gasteiger partial charge in [0.2, 0.25) is 0 Å². The Hall–Kier alpha value is -2.01. The first-order valence-electron chi connectivity index (χ1n) is 8.32. The number of aromatic nitrogens is 1. The monoisotopic (exact) mass is 316 g/mol. The summed E-state index contributed by atoms with van der Waals surface area (Å²) in [4.78, 5) is 4.64. The normalized spacial score (nSPS) is 13.3. The molecule has 0 aliphatic rings. The van der Waals surface area contributed by atoms with Gasteiger partial charge in [0, 0.05) is 44.5 Å². The van der Waals surface area contributed by atoms with Gasteiger partial charge in [-0.1, -0.05) is 18.2 Å². The molecule has 5 heteroatoms. The van der Waals surface area contributed by atoms with Crippen LogP contribution in [0, 0.1) is 0 Å². The van der Waals surface area contributed by atoms with E-state index in [0.717, 1.165) is 32.0 Å². The molecule has 0 aliphatic carbocycles. The molecule has 2 aromatic rings. The van der Waals surface area contributed by atoms with E-state index in [1.165, 1.54) is 10.9 Å². The molecule has 0 bridgehead atoms. The van der Waals surface area contributed by atoms with Crippen LogP contribution in [0.2, 0.25) is 0 Å².